The standard InChI is InChI=1S/C17H27NO/c1-13(2)16-9-8-14(3)12-17(16)19-11-10-18-15-6-4-5-7-15/h8-9,12-13,15,18H,4-7,10-11H2,1-3H3/p+1. The fourth-order valence-corrected chi connectivity index (χ4v) is 2.91. The lowest BCUT2D eigenvalue weighted by atomic mass is 10.0. The molecule has 0 amide bonds. The average molecular weight is 262 g/mol. The molecule has 1 aromatic carbocycles. The molecule has 0 heterocycles. The molecule has 0 unspecified atom stereocenters. The molecule has 1 aliphatic rings. The summed E-state index contributed by atoms with van der Waals surface area (Å²) in [6.45, 7) is 8.47. The molecule has 0 atom stereocenters. The summed E-state index contributed by atoms with van der Waals surface area (Å²) in [5.74, 6) is 1.60. The molecule has 1 fully saturated rings. The highest BCUT2D eigenvalue weighted by Crippen LogP contribution is 2.27. The van der Waals surface area contributed by atoms with Crippen LogP contribution in [0.25, 0.3) is 0 Å². The first-order chi connectivity index (χ1) is 9.16. The molecule has 2 rings (SSSR count). The van der Waals surface area contributed by atoms with Crippen LogP contribution < -0.4 is 10.1 Å². The van der Waals surface area contributed by atoms with Crippen molar-refractivity contribution in [2.45, 2.75) is 58.4 Å². The molecular weight excluding hydrogens is 234 g/mol. The van der Waals surface area contributed by atoms with Gasteiger partial charge in [0.05, 0.1) is 6.04 Å². The lowest BCUT2D eigenvalue weighted by molar-refractivity contribution is -0.688. The Morgan fingerprint density at radius 1 is 1.26 bits per heavy atom. The van der Waals surface area contributed by atoms with Crippen LogP contribution in [0.15, 0.2) is 18.2 Å². The monoisotopic (exact) mass is 262 g/mol. The molecule has 106 valence electrons. The first kappa shape index (κ1) is 14.4. The Balaban J connectivity index is 1.82. The van der Waals surface area contributed by atoms with E-state index in [1.165, 1.54) is 36.8 Å². The van der Waals surface area contributed by atoms with Crippen molar-refractivity contribution < 1.29 is 10.1 Å². The van der Waals surface area contributed by atoms with E-state index in [0.717, 1.165) is 24.9 Å². The third-order valence-electron chi connectivity index (χ3n) is 4.07. The second kappa shape index (κ2) is 6.95. The van der Waals surface area contributed by atoms with Gasteiger partial charge in [0.2, 0.25) is 0 Å². The molecule has 1 saturated carbocycles. The molecule has 0 aromatic heterocycles. The Bertz CT molecular complexity index is 394. The SMILES string of the molecule is Cc1ccc(C(C)C)c(OCC[NH2+]C2CCCC2)c1. The maximum absolute atomic E-state index is 6.01. The van der Waals surface area contributed by atoms with Gasteiger partial charge in [0.15, 0.2) is 0 Å². The van der Waals surface area contributed by atoms with Crippen LogP contribution in [0, 0.1) is 6.92 Å². The Hall–Kier alpha value is -1.02. The molecule has 2 N–H and O–H groups in total. The van der Waals surface area contributed by atoms with E-state index in [1.54, 1.807) is 0 Å². The van der Waals surface area contributed by atoms with Gasteiger partial charge in [-0.2, -0.15) is 0 Å². The van der Waals surface area contributed by atoms with Crippen LogP contribution in [0.5, 0.6) is 5.75 Å². The molecule has 0 spiro atoms. The van der Waals surface area contributed by atoms with E-state index in [9.17, 15) is 0 Å². The zero-order valence-electron chi connectivity index (χ0n) is 12.6. The fourth-order valence-electron chi connectivity index (χ4n) is 2.91. The summed E-state index contributed by atoms with van der Waals surface area (Å²) in [6.07, 6.45) is 5.61. The molecule has 0 radical (unpaired) electrons. The van der Waals surface area contributed by atoms with Crippen molar-refractivity contribution in [2.75, 3.05) is 13.2 Å². The summed E-state index contributed by atoms with van der Waals surface area (Å²) in [7, 11) is 0. The zero-order valence-corrected chi connectivity index (χ0v) is 12.6. The van der Waals surface area contributed by atoms with Gasteiger partial charge in [-0.15, -0.1) is 0 Å². The number of ether oxygens (including phenoxy) is 1. The van der Waals surface area contributed by atoms with Gasteiger partial charge >= 0.3 is 0 Å². The summed E-state index contributed by atoms with van der Waals surface area (Å²) < 4.78 is 6.01. The van der Waals surface area contributed by atoms with E-state index >= 15 is 0 Å². The van der Waals surface area contributed by atoms with Crippen molar-refractivity contribution in [3.63, 3.8) is 0 Å². The predicted octanol–water partition coefficient (Wildman–Crippen LogP) is 3.00. The van der Waals surface area contributed by atoms with Gasteiger partial charge in [-0.05, 0) is 55.7 Å². The first-order valence-corrected chi connectivity index (χ1v) is 7.73. The van der Waals surface area contributed by atoms with Gasteiger partial charge in [-0.1, -0.05) is 26.0 Å². The van der Waals surface area contributed by atoms with E-state index in [4.69, 9.17) is 4.74 Å². The van der Waals surface area contributed by atoms with Gasteiger partial charge in [-0.3, -0.25) is 0 Å². The van der Waals surface area contributed by atoms with E-state index in [1.807, 2.05) is 0 Å². The molecule has 1 aromatic rings. The maximum Gasteiger partial charge on any atom is 0.137 e. The summed E-state index contributed by atoms with van der Waals surface area (Å²) >= 11 is 0. The second-order valence-electron chi connectivity index (χ2n) is 6.11. The van der Waals surface area contributed by atoms with Gasteiger partial charge in [-0.25, -0.2) is 0 Å². The smallest absolute Gasteiger partial charge is 0.137 e. The Labute approximate surface area is 117 Å². The number of aryl methyl sites for hydroxylation is 1. The number of hydrogen-bond donors (Lipinski definition) is 1. The number of rotatable bonds is 6. The summed E-state index contributed by atoms with van der Waals surface area (Å²) in [4.78, 5) is 0. The lowest BCUT2D eigenvalue weighted by Crippen LogP contribution is -2.90. The molecular formula is C17H28NO+. The van der Waals surface area contributed by atoms with E-state index in [0.29, 0.717) is 5.92 Å². The number of benzene rings is 1. The second-order valence-corrected chi connectivity index (χ2v) is 6.11. The Morgan fingerprint density at radius 3 is 2.68 bits per heavy atom. The van der Waals surface area contributed by atoms with Crippen molar-refractivity contribution in [3.05, 3.63) is 29.3 Å². The number of nitrogens with two attached hydrogens (primary N) is 1. The van der Waals surface area contributed by atoms with Crippen molar-refractivity contribution in [2.24, 2.45) is 0 Å². The summed E-state index contributed by atoms with van der Waals surface area (Å²) in [6, 6.07) is 7.40. The normalized spacial score (nSPS) is 16.2. The topological polar surface area (TPSA) is 25.8 Å². The van der Waals surface area contributed by atoms with Gasteiger partial charge in [0.1, 0.15) is 18.9 Å². The van der Waals surface area contributed by atoms with Crippen molar-refractivity contribution in [1.82, 2.24) is 0 Å². The average Bonchev–Trinajstić information content (AvgIpc) is 2.87. The molecule has 0 saturated heterocycles. The van der Waals surface area contributed by atoms with Crippen LogP contribution in [0.2, 0.25) is 0 Å². The minimum Gasteiger partial charge on any atom is -0.487 e. The molecule has 19 heavy (non-hydrogen) atoms. The quantitative estimate of drug-likeness (QED) is 0.784. The number of quaternary nitrogens is 1. The highest BCUT2D eigenvalue weighted by molar-refractivity contribution is 5.39. The van der Waals surface area contributed by atoms with Crippen LogP contribution in [0.1, 0.15) is 56.6 Å². The molecule has 2 nitrogen and oxygen atoms in total. The van der Waals surface area contributed by atoms with Crippen LogP contribution >= 0.6 is 0 Å². The number of hydrogen-bond acceptors (Lipinski definition) is 1. The third-order valence-corrected chi connectivity index (χ3v) is 4.07. The Morgan fingerprint density at radius 2 is 2.00 bits per heavy atom. The highest BCUT2D eigenvalue weighted by atomic mass is 16.5. The lowest BCUT2D eigenvalue weighted by Gasteiger charge is -2.15. The van der Waals surface area contributed by atoms with Crippen LogP contribution in [-0.2, 0) is 0 Å². The van der Waals surface area contributed by atoms with Gasteiger partial charge < -0.3 is 10.1 Å². The highest BCUT2D eigenvalue weighted by Gasteiger charge is 2.17. The van der Waals surface area contributed by atoms with Crippen LogP contribution in [0.3, 0.4) is 0 Å². The minimum absolute atomic E-state index is 0.523. The predicted molar refractivity (Wildman–Crippen MR) is 79.8 cm³/mol. The van der Waals surface area contributed by atoms with Crippen LogP contribution in [0.4, 0.5) is 0 Å². The van der Waals surface area contributed by atoms with Gasteiger partial charge in [0.25, 0.3) is 0 Å². The maximum atomic E-state index is 6.01. The van der Waals surface area contributed by atoms with Crippen molar-refractivity contribution in [3.8, 4) is 5.75 Å². The summed E-state index contributed by atoms with van der Waals surface area (Å²) in [5, 5.41) is 2.47. The minimum atomic E-state index is 0.523. The molecule has 0 aliphatic heterocycles. The van der Waals surface area contributed by atoms with E-state index in [2.05, 4.69) is 44.3 Å². The van der Waals surface area contributed by atoms with E-state index < -0.39 is 0 Å². The van der Waals surface area contributed by atoms with Crippen molar-refractivity contribution >= 4 is 0 Å². The first-order valence-electron chi connectivity index (χ1n) is 7.73. The third kappa shape index (κ3) is 4.24. The fraction of sp³-hybridized carbons (Fsp3) is 0.647. The largest absolute Gasteiger partial charge is 0.487 e. The van der Waals surface area contributed by atoms with Crippen molar-refractivity contribution in [1.29, 1.82) is 0 Å². The van der Waals surface area contributed by atoms with Crippen LogP contribution in [-0.4, -0.2) is 19.2 Å². The van der Waals surface area contributed by atoms with Gasteiger partial charge in [0, 0.05) is 0 Å². The Kier molecular flexibility index (Phi) is 5.26. The zero-order chi connectivity index (χ0) is 13.7. The molecule has 2 heteroatoms. The van der Waals surface area contributed by atoms with E-state index in [-0.39, 0.29) is 0 Å². The molecule has 0 bridgehead atoms. The summed E-state index contributed by atoms with van der Waals surface area (Å²) in [5.41, 5.74) is 2.60. The molecule has 1 aliphatic carbocycles.